The van der Waals surface area contributed by atoms with Crippen LogP contribution in [0.15, 0.2) is 18.2 Å². The fourth-order valence-electron chi connectivity index (χ4n) is 2.59. The van der Waals surface area contributed by atoms with Crippen molar-refractivity contribution >= 4 is 11.8 Å². The number of likely N-dealkylation sites (tertiary alicyclic amines) is 1. The van der Waals surface area contributed by atoms with E-state index in [0.717, 1.165) is 32.4 Å². The molecule has 1 aromatic carbocycles. The number of benzene rings is 1. The number of phenolic OH excluding ortho intramolecular Hbond substituents is 1. The average molecular weight is 290 g/mol. The second-order valence-electron chi connectivity index (χ2n) is 5.53. The molecule has 0 aliphatic carbocycles. The molecule has 0 radical (unpaired) electrons. The molecule has 2 N–H and O–H groups in total. The molecule has 2 amide bonds. The maximum Gasteiger partial charge on any atom is 0.252 e. The van der Waals surface area contributed by atoms with E-state index in [9.17, 15) is 14.7 Å². The lowest BCUT2D eigenvalue weighted by molar-refractivity contribution is -0.133. The van der Waals surface area contributed by atoms with Crippen LogP contribution in [0.5, 0.6) is 5.75 Å². The summed E-state index contributed by atoms with van der Waals surface area (Å²) in [5.41, 5.74) is 0.918. The third-order valence-electron chi connectivity index (χ3n) is 3.94. The summed E-state index contributed by atoms with van der Waals surface area (Å²) in [7, 11) is 0. The number of nitrogens with zero attached hydrogens (tertiary/aromatic N) is 1. The van der Waals surface area contributed by atoms with Crippen LogP contribution >= 0.6 is 0 Å². The van der Waals surface area contributed by atoms with Crippen molar-refractivity contribution in [2.75, 3.05) is 13.1 Å². The quantitative estimate of drug-likeness (QED) is 0.892. The Morgan fingerprint density at radius 1 is 1.24 bits per heavy atom. The summed E-state index contributed by atoms with van der Waals surface area (Å²) in [6, 6.07) is 4.24. The van der Waals surface area contributed by atoms with Gasteiger partial charge in [0.1, 0.15) is 11.8 Å². The van der Waals surface area contributed by atoms with Crippen molar-refractivity contribution < 1.29 is 14.7 Å². The summed E-state index contributed by atoms with van der Waals surface area (Å²) < 4.78 is 0. The number of rotatable bonds is 3. The minimum atomic E-state index is -0.558. The molecule has 0 saturated carbocycles. The van der Waals surface area contributed by atoms with E-state index in [1.807, 2.05) is 4.90 Å². The molecule has 21 heavy (non-hydrogen) atoms. The molecule has 5 nitrogen and oxygen atoms in total. The molecule has 0 bridgehead atoms. The first kappa shape index (κ1) is 15.4. The van der Waals surface area contributed by atoms with E-state index in [1.54, 1.807) is 26.0 Å². The lowest BCUT2D eigenvalue weighted by Gasteiger charge is -2.29. The minimum Gasteiger partial charge on any atom is -0.508 e. The van der Waals surface area contributed by atoms with Gasteiger partial charge in [-0.25, -0.2) is 0 Å². The molecule has 0 aromatic heterocycles. The molecule has 1 aromatic rings. The molecule has 1 aliphatic rings. The number of piperidine rings is 1. The Morgan fingerprint density at radius 2 is 1.90 bits per heavy atom. The molecule has 1 saturated heterocycles. The van der Waals surface area contributed by atoms with E-state index in [1.165, 1.54) is 6.07 Å². The smallest absolute Gasteiger partial charge is 0.252 e. The summed E-state index contributed by atoms with van der Waals surface area (Å²) in [5.74, 6) is -0.292. The molecule has 1 unspecified atom stereocenters. The van der Waals surface area contributed by atoms with Gasteiger partial charge in [-0.3, -0.25) is 9.59 Å². The van der Waals surface area contributed by atoms with Gasteiger partial charge in [-0.15, -0.1) is 0 Å². The van der Waals surface area contributed by atoms with Gasteiger partial charge in [-0.05, 0) is 45.2 Å². The van der Waals surface area contributed by atoms with Crippen molar-refractivity contribution in [3.8, 4) is 5.75 Å². The van der Waals surface area contributed by atoms with Crippen LogP contribution in [0.1, 0.15) is 42.1 Å². The zero-order valence-electron chi connectivity index (χ0n) is 12.6. The molecular weight excluding hydrogens is 268 g/mol. The first-order chi connectivity index (χ1) is 10.0. The Kier molecular flexibility index (Phi) is 4.83. The summed E-state index contributed by atoms with van der Waals surface area (Å²) in [4.78, 5) is 26.3. The Hall–Kier alpha value is -2.04. The van der Waals surface area contributed by atoms with Gasteiger partial charge < -0.3 is 15.3 Å². The highest BCUT2D eigenvalue weighted by Gasteiger charge is 2.24. The summed E-state index contributed by atoms with van der Waals surface area (Å²) in [6.45, 7) is 4.92. The topological polar surface area (TPSA) is 69.6 Å². The van der Waals surface area contributed by atoms with E-state index in [2.05, 4.69) is 5.32 Å². The zero-order valence-corrected chi connectivity index (χ0v) is 12.6. The maximum absolute atomic E-state index is 12.3. The number of carbonyl (C=O) groups excluding carboxylic acids is 2. The number of nitrogens with one attached hydrogen (secondary N) is 1. The van der Waals surface area contributed by atoms with Gasteiger partial charge in [-0.2, -0.15) is 0 Å². The van der Waals surface area contributed by atoms with Crippen molar-refractivity contribution in [1.82, 2.24) is 10.2 Å². The summed E-state index contributed by atoms with van der Waals surface area (Å²) >= 11 is 0. The van der Waals surface area contributed by atoms with Crippen LogP contribution in [0.3, 0.4) is 0 Å². The first-order valence-corrected chi connectivity index (χ1v) is 7.39. The highest BCUT2D eigenvalue weighted by molar-refractivity contribution is 5.99. The predicted octanol–water partition coefficient (Wildman–Crippen LogP) is 1.83. The van der Waals surface area contributed by atoms with Crippen LogP contribution in [0.4, 0.5) is 0 Å². The van der Waals surface area contributed by atoms with Gasteiger partial charge in [0, 0.05) is 24.2 Å². The Balaban J connectivity index is 2.01. The number of carbonyl (C=O) groups is 2. The SMILES string of the molecule is Cc1c(O)cccc1C(=O)NC(C)C(=O)N1CCCCC1. The van der Waals surface area contributed by atoms with E-state index < -0.39 is 6.04 Å². The molecule has 114 valence electrons. The number of amides is 2. The number of phenols is 1. The van der Waals surface area contributed by atoms with Crippen molar-refractivity contribution in [2.24, 2.45) is 0 Å². The molecule has 1 aliphatic heterocycles. The molecule has 1 atom stereocenters. The highest BCUT2D eigenvalue weighted by atomic mass is 16.3. The molecule has 5 heteroatoms. The van der Waals surface area contributed by atoms with Gasteiger partial charge in [-0.1, -0.05) is 6.07 Å². The van der Waals surface area contributed by atoms with Crippen LogP contribution in [0.25, 0.3) is 0 Å². The van der Waals surface area contributed by atoms with Gasteiger partial charge in [0.25, 0.3) is 5.91 Å². The molecule has 0 spiro atoms. The fraction of sp³-hybridized carbons (Fsp3) is 0.500. The lowest BCUT2D eigenvalue weighted by Crippen LogP contribution is -2.48. The molecule has 1 heterocycles. The van der Waals surface area contributed by atoms with Crippen LogP contribution < -0.4 is 5.32 Å². The van der Waals surface area contributed by atoms with E-state index in [4.69, 9.17) is 0 Å². The molecule has 1 fully saturated rings. The highest BCUT2D eigenvalue weighted by Crippen LogP contribution is 2.19. The number of hydrogen-bond acceptors (Lipinski definition) is 3. The van der Waals surface area contributed by atoms with Gasteiger partial charge in [0.15, 0.2) is 0 Å². The predicted molar refractivity (Wildman–Crippen MR) is 80.2 cm³/mol. The van der Waals surface area contributed by atoms with Crippen molar-refractivity contribution in [2.45, 2.75) is 39.2 Å². The maximum atomic E-state index is 12.3. The Morgan fingerprint density at radius 3 is 2.57 bits per heavy atom. The summed E-state index contributed by atoms with van der Waals surface area (Å²) in [6.07, 6.45) is 3.21. The molecule has 2 rings (SSSR count). The van der Waals surface area contributed by atoms with Crippen LogP contribution in [0, 0.1) is 6.92 Å². The van der Waals surface area contributed by atoms with Crippen LogP contribution in [0.2, 0.25) is 0 Å². The van der Waals surface area contributed by atoms with Crippen LogP contribution in [-0.4, -0.2) is 41.0 Å². The monoisotopic (exact) mass is 290 g/mol. The normalized spacial score (nSPS) is 16.4. The van der Waals surface area contributed by atoms with Gasteiger partial charge in [0.2, 0.25) is 5.91 Å². The third kappa shape index (κ3) is 3.54. The standard InChI is InChI=1S/C16H22N2O3/c1-11-13(7-6-8-14(11)19)15(20)17-12(2)16(21)18-9-4-3-5-10-18/h6-8,12,19H,3-5,9-10H2,1-2H3,(H,17,20). The van der Waals surface area contributed by atoms with Gasteiger partial charge >= 0.3 is 0 Å². The van der Waals surface area contributed by atoms with Crippen molar-refractivity contribution in [3.63, 3.8) is 0 Å². The second kappa shape index (κ2) is 6.61. The number of hydrogen-bond donors (Lipinski definition) is 2. The zero-order chi connectivity index (χ0) is 15.4. The minimum absolute atomic E-state index is 0.0409. The average Bonchev–Trinajstić information content (AvgIpc) is 2.50. The first-order valence-electron chi connectivity index (χ1n) is 7.39. The number of aromatic hydroxyl groups is 1. The lowest BCUT2D eigenvalue weighted by atomic mass is 10.1. The van der Waals surface area contributed by atoms with E-state index in [-0.39, 0.29) is 17.6 Å². The second-order valence-corrected chi connectivity index (χ2v) is 5.53. The van der Waals surface area contributed by atoms with Crippen LogP contribution in [-0.2, 0) is 4.79 Å². The fourth-order valence-corrected chi connectivity index (χ4v) is 2.59. The third-order valence-corrected chi connectivity index (χ3v) is 3.94. The van der Waals surface area contributed by atoms with Crippen molar-refractivity contribution in [3.05, 3.63) is 29.3 Å². The summed E-state index contributed by atoms with van der Waals surface area (Å²) in [5, 5.41) is 12.4. The molecular formula is C16H22N2O3. The largest absolute Gasteiger partial charge is 0.508 e. The Bertz CT molecular complexity index is 536. The van der Waals surface area contributed by atoms with E-state index >= 15 is 0 Å². The van der Waals surface area contributed by atoms with Crippen molar-refractivity contribution in [1.29, 1.82) is 0 Å². The van der Waals surface area contributed by atoms with Gasteiger partial charge in [0.05, 0.1) is 0 Å². The Labute approximate surface area is 125 Å². The van der Waals surface area contributed by atoms with E-state index in [0.29, 0.717) is 11.1 Å².